The van der Waals surface area contributed by atoms with Gasteiger partial charge in [-0.25, -0.2) is 9.97 Å². The molecule has 0 bridgehead atoms. The monoisotopic (exact) mass is 457 g/mol. The van der Waals surface area contributed by atoms with Crippen LogP contribution in [-0.2, 0) is 0 Å². The first-order valence-corrected chi connectivity index (χ1v) is 9.90. The number of hydrogen-bond donors (Lipinski definition) is 1. The molecule has 5 heteroatoms. The number of nitrogens with one attached hydrogen (secondary N) is 1. The van der Waals surface area contributed by atoms with Crippen LogP contribution in [0.2, 0.25) is 0 Å². The standard InChI is InChI=1S/C20H16IN3S/c1-12-3-8-16(13(2)9-12)17-10-25-20-18(17)19(22-11-23-20)24-15-6-4-14(21)5-7-15/h3-11H,1-2H3,(H,22,23,24). The average molecular weight is 457 g/mol. The lowest BCUT2D eigenvalue weighted by atomic mass is 9.99. The first kappa shape index (κ1) is 16.5. The Morgan fingerprint density at radius 3 is 2.52 bits per heavy atom. The lowest BCUT2D eigenvalue weighted by molar-refractivity contribution is 1.23. The van der Waals surface area contributed by atoms with Crippen molar-refractivity contribution in [1.82, 2.24) is 9.97 Å². The molecule has 0 saturated carbocycles. The van der Waals surface area contributed by atoms with Gasteiger partial charge in [0, 0.05) is 20.2 Å². The minimum absolute atomic E-state index is 0.849. The van der Waals surface area contributed by atoms with Crippen LogP contribution in [-0.4, -0.2) is 9.97 Å². The van der Waals surface area contributed by atoms with Gasteiger partial charge >= 0.3 is 0 Å². The van der Waals surface area contributed by atoms with E-state index >= 15 is 0 Å². The number of rotatable bonds is 3. The topological polar surface area (TPSA) is 37.8 Å². The number of aromatic nitrogens is 2. The summed E-state index contributed by atoms with van der Waals surface area (Å²) in [5.74, 6) is 0.849. The highest BCUT2D eigenvalue weighted by Gasteiger charge is 2.14. The lowest BCUT2D eigenvalue weighted by Crippen LogP contribution is -1.96. The summed E-state index contributed by atoms with van der Waals surface area (Å²) >= 11 is 3.96. The summed E-state index contributed by atoms with van der Waals surface area (Å²) in [7, 11) is 0. The molecule has 0 spiro atoms. The number of aryl methyl sites for hydroxylation is 2. The second-order valence-electron chi connectivity index (χ2n) is 6.00. The minimum atomic E-state index is 0.849. The predicted octanol–water partition coefficient (Wildman–Crippen LogP) is 6.32. The van der Waals surface area contributed by atoms with Crippen molar-refractivity contribution >= 4 is 55.6 Å². The van der Waals surface area contributed by atoms with E-state index in [1.165, 1.54) is 25.8 Å². The van der Waals surface area contributed by atoms with Crippen LogP contribution in [0.5, 0.6) is 0 Å². The second kappa shape index (κ2) is 6.72. The lowest BCUT2D eigenvalue weighted by Gasteiger charge is -2.10. The SMILES string of the molecule is Cc1ccc(-c2csc3ncnc(Nc4ccc(I)cc4)c23)c(C)c1. The zero-order valence-corrected chi connectivity index (χ0v) is 16.9. The molecular formula is C20H16IN3S. The highest BCUT2D eigenvalue weighted by Crippen LogP contribution is 2.38. The first-order chi connectivity index (χ1) is 12.1. The van der Waals surface area contributed by atoms with Gasteiger partial charge in [0.05, 0.1) is 5.39 Å². The zero-order chi connectivity index (χ0) is 17.4. The van der Waals surface area contributed by atoms with Gasteiger partial charge in [-0.3, -0.25) is 0 Å². The quantitative estimate of drug-likeness (QED) is 0.366. The first-order valence-electron chi connectivity index (χ1n) is 7.94. The molecule has 0 aliphatic carbocycles. The number of anilines is 2. The van der Waals surface area contributed by atoms with Crippen molar-refractivity contribution in [3.05, 3.63) is 68.9 Å². The Balaban J connectivity index is 1.85. The van der Waals surface area contributed by atoms with E-state index in [0.717, 1.165) is 21.7 Å². The van der Waals surface area contributed by atoms with Crippen molar-refractivity contribution in [1.29, 1.82) is 0 Å². The molecule has 0 radical (unpaired) electrons. The Bertz CT molecular complexity index is 1050. The molecule has 4 rings (SSSR count). The van der Waals surface area contributed by atoms with E-state index in [-0.39, 0.29) is 0 Å². The highest BCUT2D eigenvalue weighted by atomic mass is 127. The molecule has 0 unspecified atom stereocenters. The summed E-state index contributed by atoms with van der Waals surface area (Å²) in [4.78, 5) is 9.97. The molecule has 1 N–H and O–H groups in total. The molecule has 4 aromatic rings. The van der Waals surface area contributed by atoms with Gasteiger partial charge in [-0.05, 0) is 71.8 Å². The Kier molecular flexibility index (Phi) is 4.43. The maximum Gasteiger partial charge on any atom is 0.143 e. The molecule has 25 heavy (non-hydrogen) atoms. The van der Waals surface area contributed by atoms with Crippen molar-refractivity contribution in [2.24, 2.45) is 0 Å². The summed E-state index contributed by atoms with van der Waals surface area (Å²) < 4.78 is 1.21. The largest absolute Gasteiger partial charge is 0.340 e. The number of thiophene rings is 1. The fraction of sp³-hybridized carbons (Fsp3) is 0.100. The maximum absolute atomic E-state index is 4.51. The van der Waals surface area contributed by atoms with E-state index in [9.17, 15) is 0 Å². The van der Waals surface area contributed by atoms with Crippen molar-refractivity contribution in [3.63, 3.8) is 0 Å². The van der Waals surface area contributed by atoms with Crippen LogP contribution in [0.1, 0.15) is 11.1 Å². The molecule has 0 fully saturated rings. The van der Waals surface area contributed by atoms with Crippen LogP contribution in [0, 0.1) is 17.4 Å². The molecule has 0 saturated heterocycles. The van der Waals surface area contributed by atoms with Crippen molar-refractivity contribution < 1.29 is 0 Å². The van der Waals surface area contributed by atoms with Crippen LogP contribution >= 0.6 is 33.9 Å². The van der Waals surface area contributed by atoms with E-state index in [1.807, 2.05) is 0 Å². The van der Waals surface area contributed by atoms with Crippen LogP contribution in [0.25, 0.3) is 21.3 Å². The van der Waals surface area contributed by atoms with Gasteiger partial charge in [-0.1, -0.05) is 23.8 Å². The summed E-state index contributed by atoms with van der Waals surface area (Å²) in [5.41, 5.74) is 5.99. The van der Waals surface area contributed by atoms with Crippen LogP contribution in [0.4, 0.5) is 11.5 Å². The van der Waals surface area contributed by atoms with Gasteiger partial charge < -0.3 is 5.32 Å². The van der Waals surface area contributed by atoms with Gasteiger partial charge in [0.1, 0.15) is 17.0 Å². The zero-order valence-electron chi connectivity index (χ0n) is 13.9. The van der Waals surface area contributed by atoms with E-state index in [0.29, 0.717) is 0 Å². The van der Waals surface area contributed by atoms with Crippen LogP contribution in [0.3, 0.4) is 0 Å². The fourth-order valence-corrected chi connectivity index (χ4v) is 4.22. The molecule has 0 amide bonds. The highest BCUT2D eigenvalue weighted by molar-refractivity contribution is 14.1. The summed E-state index contributed by atoms with van der Waals surface area (Å²) in [6, 6.07) is 14.9. The van der Waals surface area contributed by atoms with Crippen molar-refractivity contribution in [3.8, 4) is 11.1 Å². The van der Waals surface area contributed by atoms with E-state index in [2.05, 4.69) is 99.6 Å². The Morgan fingerprint density at radius 1 is 0.960 bits per heavy atom. The van der Waals surface area contributed by atoms with Crippen LogP contribution < -0.4 is 5.32 Å². The van der Waals surface area contributed by atoms with Gasteiger partial charge in [-0.2, -0.15) is 0 Å². The molecule has 0 aliphatic rings. The van der Waals surface area contributed by atoms with E-state index in [1.54, 1.807) is 17.7 Å². The smallest absolute Gasteiger partial charge is 0.143 e. The summed E-state index contributed by atoms with van der Waals surface area (Å²) in [5, 5.41) is 6.71. The molecule has 2 aromatic carbocycles. The Morgan fingerprint density at radius 2 is 1.76 bits per heavy atom. The normalized spacial score (nSPS) is 11.0. The van der Waals surface area contributed by atoms with E-state index in [4.69, 9.17) is 0 Å². The van der Waals surface area contributed by atoms with E-state index < -0.39 is 0 Å². The number of nitrogens with zero attached hydrogens (tertiary/aromatic N) is 2. The second-order valence-corrected chi connectivity index (χ2v) is 8.11. The summed E-state index contributed by atoms with van der Waals surface area (Å²) in [6.07, 6.45) is 1.62. The molecule has 0 aliphatic heterocycles. The molecule has 2 aromatic heterocycles. The van der Waals surface area contributed by atoms with Gasteiger partial charge in [0.25, 0.3) is 0 Å². The maximum atomic E-state index is 4.51. The molecule has 0 atom stereocenters. The predicted molar refractivity (Wildman–Crippen MR) is 115 cm³/mol. The summed E-state index contributed by atoms with van der Waals surface area (Å²) in [6.45, 7) is 4.28. The van der Waals surface area contributed by atoms with Crippen LogP contribution in [0.15, 0.2) is 54.2 Å². The van der Waals surface area contributed by atoms with Crippen molar-refractivity contribution in [2.45, 2.75) is 13.8 Å². The third-order valence-electron chi connectivity index (χ3n) is 4.15. The molecule has 124 valence electrons. The minimum Gasteiger partial charge on any atom is -0.340 e. The number of hydrogen-bond acceptors (Lipinski definition) is 4. The average Bonchev–Trinajstić information content (AvgIpc) is 3.02. The Hall–Kier alpha value is -1.99. The third kappa shape index (κ3) is 3.26. The fourth-order valence-electron chi connectivity index (χ4n) is 2.95. The number of fused-ring (bicyclic) bond motifs is 1. The third-order valence-corrected chi connectivity index (χ3v) is 5.75. The van der Waals surface area contributed by atoms with Crippen molar-refractivity contribution in [2.75, 3.05) is 5.32 Å². The molecule has 3 nitrogen and oxygen atoms in total. The number of benzene rings is 2. The molecular weight excluding hydrogens is 441 g/mol. The Labute approximate surface area is 164 Å². The van der Waals surface area contributed by atoms with Gasteiger partial charge in [0.15, 0.2) is 0 Å². The number of halogens is 1. The van der Waals surface area contributed by atoms with Gasteiger partial charge in [0.2, 0.25) is 0 Å². The van der Waals surface area contributed by atoms with Gasteiger partial charge in [-0.15, -0.1) is 11.3 Å². The molecule has 2 heterocycles.